The van der Waals surface area contributed by atoms with E-state index in [-0.39, 0.29) is 67.7 Å². The quantitative estimate of drug-likeness (QED) is 0.0797. The number of carbonyl (C=O) groups excluding carboxylic acids is 6. The standard InChI is InChI=1S/C27H36F3N3O6S.C19H23F3N2O5S/c1-5-38-25(36)16-6-8-32(9-7-16)23(35)24-33(10-11-40-24)22(34)14-18(31-26(37)39-27(2,3)4)12-17-13-20(29)21(30)15-19(17)28;1-19(2,3)29-18(28)23-11(6-10-7-13(21)14(22)9-12(10)20)8-15(25)24-4-5-30-16(24)17(26)27/h13,15-16,18,24H,5-12,14H2,1-4H3,(H,31,37);7,9,11,16H,4-6,8H2,1-3H3,(H,23,28)(H,26,27)/t18-,24?;11-,16?/m11/s1. The molecule has 2 unspecified atom stereocenters. The second-order valence-electron chi connectivity index (χ2n) is 18.5. The maximum atomic E-state index is 14.4. The lowest BCUT2D eigenvalue weighted by molar-refractivity contribution is -0.151. The van der Waals surface area contributed by atoms with Gasteiger partial charge < -0.3 is 44.7 Å². The minimum Gasteiger partial charge on any atom is -0.479 e. The van der Waals surface area contributed by atoms with E-state index in [0.717, 1.165) is 16.7 Å². The summed E-state index contributed by atoms with van der Waals surface area (Å²) in [5.41, 5.74) is -2.16. The molecule has 5 rings (SSSR count). The van der Waals surface area contributed by atoms with Crippen molar-refractivity contribution in [3.8, 4) is 0 Å². The highest BCUT2D eigenvalue weighted by molar-refractivity contribution is 8.01. The average Bonchev–Trinajstić information content (AvgIpc) is 3.95. The number of halogens is 6. The van der Waals surface area contributed by atoms with E-state index >= 15 is 0 Å². The first kappa shape index (κ1) is 57.2. The van der Waals surface area contributed by atoms with Crippen LogP contribution in [0.3, 0.4) is 0 Å². The molecule has 3 N–H and O–H groups in total. The Kier molecular flexibility index (Phi) is 20.5. The molecule has 388 valence electrons. The van der Waals surface area contributed by atoms with E-state index in [0.29, 0.717) is 68.3 Å². The molecule has 3 aliphatic rings. The van der Waals surface area contributed by atoms with Crippen molar-refractivity contribution in [2.24, 2.45) is 5.92 Å². The number of alkyl carbamates (subject to hydrolysis) is 2. The third kappa shape index (κ3) is 17.2. The van der Waals surface area contributed by atoms with Gasteiger partial charge in [0.05, 0.1) is 12.5 Å². The molecule has 0 spiro atoms. The minimum atomic E-state index is -1.36. The normalized spacial score (nSPS) is 18.3. The number of likely N-dealkylation sites (tertiary alicyclic amines) is 1. The molecule has 3 saturated heterocycles. The molecule has 3 fully saturated rings. The van der Waals surface area contributed by atoms with Crippen LogP contribution in [0.1, 0.15) is 85.3 Å². The number of hydrogen-bond acceptors (Lipinski definition) is 12. The maximum Gasteiger partial charge on any atom is 0.407 e. The topological polar surface area (TPSA) is 201 Å². The number of thioether (sulfide) groups is 2. The number of aliphatic carboxylic acids is 1. The molecule has 24 heteroatoms. The van der Waals surface area contributed by atoms with Crippen molar-refractivity contribution < 1.29 is 79.2 Å². The summed E-state index contributed by atoms with van der Waals surface area (Å²) in [5, 5.41) is 12.4. The number of amides is 5. The molecule has 0 bridgehead atoms. The van der Waals surface area contributed by atoms with Gasteiger partial charge in [-0.3, -0.25) is 19.2 Å². The van der Waals surface area contributed by atoms with Crippen molar-refractivity contribution in [1.29, 1.82) is 0 Å². The number of carbonyl (C=O) groups is 7. The summed E-state index contributed by atoms with van der Waals surface area (Å²) < 4.78 is 98.0. The summed E-state index contributed by atoms with van der Waals surface area (Å²) in [7, 11) is 0. The van der Waals surface area contributed by atoms with Gasteiger partial charge in [0.2, 0.25) is 11.8 Å². The number of rotatable bonds is 14. The smallest absolute Gasteiger partial charge is 0.407 e. The second-order valence-corrected chi connectivity index (χ2v) is 20.9. The van der Waals surface area contributed by atoms with E-state index < -0.39 is 98.9 Å². The van der Waals surface area contributed by atoms with Crippen LogP contribution >= 0.6 is 23.5 Å². The summed E-state index contributed by atoms with van der Waals surface area (Å²) in [5.74, 6) is -9.33. The van der Waals surface area contributed by atoms with Crippen LogP contribution in [0.15, 0.2) is 24.3 Å². The van der Waals surface area contributed by atoms with E-state index in [4.69, 9.17) is 14.2 Å². The first-order valence-electron chi connectivity index (χ1n) is 22.4. The molecule has 2 aromatic rings. The Morgan fingerprint density at radius 3 is 1.44 bits per heavy atom. The molecule has 0 aliphatic carbocycles. The summed E-state index contributed by atoms with van der Waals surface area (Å²) in [6.07, 6.45) is -2.14. The largest absolute Gasteiger partial charge is 0.479 e. The molecule has 3 heterocycles. The van der Waals surface area contributed by atoms with Crippen molar-refractivity contribution in [3.63, 3.8) is 0 Å². The van der Waals surface area contributed by atoms with Gasteiger partial charge in [0.1, 0.15) is 22.8 Å². The number of nitrogens with one attached hydrogen (secondary N) is 2. The number of ether oxygens (including phenoxy) is 3. The first-order chi connectivity index (χ1) is 32.7. The third-order valence-electron chi connectivity index (χ3n) is 10.7. The third-order valence-corrected chi connectivity index (χ3v) is 13.0. The van der Waals surface area contributed by atoms with Crippen molar-refractivity contribution >= 4 is 65.4 Å². The van der Waals surface area contributed by atoms with Crippen LogP contribution < -0.4 is 10.6 Å². The number of carboxylic acids is 1. The Morgan fingerprint density at radius 1 is 0.643 bits per heavy atom. The van der Waals surface area contributed by atoms with E-state index in [2.05, 4.69) is 10.6 Å². The summed E-state index contributed by atoms with van der Waals surface area (Å²) in [6, 6.07) is 0.0829. The van der Waals surface area contributed by atoms with Crippen LogP contribution in [0.2, 0.25) is 0 Å². The highest BCUT2D eigenvalue weighted by Gasteiger charge is 2.40. The molecule has 0 aromatic heterocycles. The van der Waals surface area contributed by atoms with E-state index in [1.54, 1.807) is 53.4 Å². The van der Waals surface area contributed by atoms with E-state index in [1.165, 1.54) is 16.7 Å². The zero-order valence-electron chi connectivity index (χ0n) is 39.8. The molecule has 4 atom stereocenters. The highest BCUT2D eigenvalue weighted by atomic mass is 32.2. The zero-order chi connectivity index (χ0) is 52.2. The van der Waals surface area contributed by atoms with Crippen LogP contribution in [-0.4, -0.2) is 140 Å². The predicted molar refractivity (Wildman–Crippen MR) is 245 cm³/mol. The molecule has 0 saturated carbocycles. The van der Waals surface area contributed by atoms with Crippen LogP contribution in [-0.2, 0) is 51.0 Å². The van der Waals surface area contributed by atoms with Crippen LogP contribution in [0.25, 0.3) is 0 Å². The Labute approximate surface area is 410 Å². The first-order valence-corrected chi connectivity index (χ1v) is 24.5. The lowest BCUT2D eigenvalue weighted by atomic mass is 9.97. The van der Waals surface area contributed by atoms with Crippen molar-refractivity contribution in [2.75, 3.05) is 44.3 Å². The highest BCUT2D eigenvalue weighted by Crippen LogP contribution is 2.30. The monoisotopic (exact) mass is 1040 g/mol. The lowest BCUT2D eigenvalue weighted by Gasteiger charge is -2.34. The zero-order valence-corrected chi connectivity index (χ0v) is 41.5. The van der Waals surface area contributed by atoms with Crippen LogP contribution in [0.5, 0.6) is 0 Å². The van der Waals surface area contributed by atoms with Gasteiger partial charge in [0, 0.05) is 74.7 Å². The van der Waals surface area contributed by atoms with Gasteiger partial charge in [-0.05, 0) is 97.4 Å². The lowest BCUT2D eigenvalue weighted by Crippen LogP contribution is -2.51. The van der Waals surface area contributed by atoms with Crippen LogP contribution in [0.4, 0.5) is 35.9 Å². The molecule has 70 heavy (non-hydrogen) atoms. The van der Waals surface area contributed by atoms with Gasteiger partial charge in [-0.1, -0.05) is 0 Å². The fraction of sp³-hybridized carbons (Fsp3) is 0.587. The minimum absolute atomic E-state index is 0.208. The molecule has 2 aromatic carbocycles. The van der Waals surface area contributed by atoms with E-state index in [9.17, 15) is 65.0 Å². The SMILES string of the molecule is CC(C)(C)OC(=O)N[C@@H](CC(=O)N1CCSC1C(=O)O)Cc1cc(F)c(F)cc1F.CCOC(=O)C1CCN(C(=O)C2SCCN2C(=O)C[C@@H](Cc2cc(F)c(F)cc2F)NC(=O)OC(C)(C)C)CC1. The van der Waals surface area contributed by atoms with Crippen molar-refractivity contribution in [1.82, 2.24) is 25.3 Å². The average molecular weight is 1040 g/mol. The fourth-order valence-electron chi connectivity index (χ4n) is 7.54. The second kappa shape index (κ2) is 25.1. The van der Waals surface area contributed by atoms with E-state index in [1.807, 2.05) is 0 Å². The fourth-order valence-corrected chi connectivity index (χ4v) is 9.83. The maximum absolute atomic E-state index is 14.4. The number of piperidine rings is 1. The molecular formula is C46H59F6N5O11S2. The Bertz CT molecular complexity index is 2240. The van der Waals surface area contributed by atoms with Gasteiger partial charge in [0.25, 0.3) is 5.91 Å². The molecule has 3 aliphatic heterocycles. The van der Waals surface area contributed by atoms with Gasteiger partial charge >= 0.3 is 24.1 Å². The number of nitrogens with zero attached hydrogens (tertiary/aromatic N) is 3. The Hall–Kier alpha value is -5.39. The number of carboxylic acid groups (broad SMARTS) is 1. The number of hydrogen-bond donors (Lipinski definition) is 3. The Morgan fingerprint density at radius 2 is 1.04 bits per heavy atom. The van der Waals surface area contributed by atoms with Crippen molar-refractivity contribution in [3.05, 3.63) is 70.3 Å². The Balaban J connectivity index is 0.000000318. The summed E-state index contributed by atoms with van der Waals surface area (Å²) in [4.78, 5) is 91.5. The molecule has 5 amide bonds. The molecule has 16 nitrogen and oxygen atoms in total. The summed E-state index contributed by atoms with van der Waals surface area (Å²) in [6.45, 7) is 13.1. The van der Waals surface area contributed by atoms with Gasteiger partial charge in [-0.15, -0.1) is 23.5 Å². The predicted octanol–water partition coefficient (Wildman–Crippen LogP) is 6.55. The number of benzene rings is 2. The summed E-state index contributed by atoms with van der Waals surface area (Å²) >= 11 is 2.40. The van der Waals surface area contributed by atoms with Gasteiger partial charge in [-0.2, -0.15) is 0 Å². The molecular weight excluding hydrogens is 977 g/mol. The van der Waals surface area contributed by atoms with Gasteiger partial charge in [-0.25, -0.2) is 40.7 Å². The molecule has 0 radical (unpaired) electrons. The van der Waals surface area contributed by atoms with Crippen LogP contribution in [0, 0.1) is 40.8 Å². The number of esters is 1. The van der Waals surface area contributed by atoms with Crippen molar-refractivity contribution in [2.45, 2.75) is 121 Å². The van der Waals surface area contributed by atoms with Gasteiger partial charge in [0.15, 0.2) is 34.0 Å².